The number of carbonyl (C=O) groups excluding carboxylic acids is 1. The van der Waals surface area contributed by atoms with Crippen LogP contribution in [0.4, 0.5) is 5.13 Å². The highest BCUT2D eigenvalue weighted by molar-refractivity contribution is 7.13. The summed E-state index contributed by atoms with van der Waals surface area (Å²) >= 11 is 1.29. The van der Waals surface area contributed by atoms with Gasteiger partial charge < -0.3 is 4.74 Å². The fourth-order valence-electron chi connectivity index (χ4n) is 1.24. The third kappa shape index (κ3) is 3.85. The number of aromatic nitrogens is 2. The summed E-state index contributed by atoms with van der Waals surface area (Å²) in [5.74, 6) is -0.428. The van der Waals surface area contributed by atoms with Crippen molar-refractivity contribution in [3.8, 4) is 0 Å². The number of nitrogens with zero attached hydrogens (tertiary/aromatic N) is 3. The molecule has 1 N–H and O–H groups in total. The highest BCUT2D eigenvalue weighted by atomic mass is 32.1. The van der Waals surface area contributed by atoms with Crippen molar-refractivity contribution < 1.29 is 9.53 Å². The van der Waals surface area contributed by atoms with E-state index >= 15 is 0 Å². The van der Waals surface area contributed by atoms with Crippen molar-refractivity contribution in [2.75, 3.05) is 12.0 Å². The summed E-state index contributed by atoms with van der Waals surface area (Å²) in [6, 6.07) is 3.70. The Kier molecular flexibility index (Phi) is 4.57. The molecule has 0 aliphatic carbocycles. The maximum atomic E-state index is 11.4. The molecule has 0 amide bonds. The number of rotatable bonds is 5. The van der Waals surface area contributed by atoms with Gasteiger partial charge in [0.15, 0.2) is 5.69 Å². The quantitative estimate of drug-likeness (QED) is 0.514. The van der Waals surface area contributed by atoms with Crippen molar-refractivity contribution in [3.63, 3.8) is 0 Å². The van der Waals surface area contributed by atoms with Gasteiger partial charge in [0, 0.05) is 23.3 Å². The number of thiazole rings is 1. The van der Waals surface area contributed by atoms with E-state index in [-0.39, 0.29) is 5.69 Å². The Bertz CT molecular complexity index is 568. The van der Waals surface area contributed by atoms with Crippen LogP contribution in [0.25, 0.3) is 0 Å². The van der Waals surface area contributed by atoms with Gasteiger partial charge in [0.25, 0.3) is 0 Å². The Morgan fingerprint density at radius 3 is 3.26 bits per heavy atom. The van der Waals surface area contributed by atoms with Gasteiger partial charge in [-0.1, -0.05) is 6.07 Å². The maximum Gasteiger partial charge on any atom is 0.357 e. The molecule has 7 heteroatoms. The average Bonchev–Trinajstić information content (AvgIpc) is 2.89. The van der Waals surface area contributed by atoms with Crippen LogP contribution in [0, 0.1) is 0 Å². The monoisotopic (exact) mass is 276 g/mol. The van der Waals surface area contributed by atoms with E-state index in [4.69, 9.17) is 4.74 Å². The van der Waals surface area contributed by atoms with E-state index in [9.17, 15) is 4.79 Å². The first-order valence-corrected chi connectivity index (χ1v) is 6.49. The van der Waals surface area contributed by atoms with Gasteiger partial charge in [0.2, 0.25) is 5.13 Å². The van der Waals surface area contributed by atoms with Crippen molar-refractivity contribution in [1.29, 1.82) is 0 Å². The van der Waals surface area contributed by atoms with E-state index in [0.29, 0.717) is 11.7 Å². The number of carbonyl (C=O) groups is 1. The van der Waals surface area contributed by atoms with E-state index < -0.39 is 5.97 Å². The number of hydrogen-bond donors (Lipinski definition) is 1. The highest BCUT2D eigenvalue weighted by Crippen LogP contribution is 2.15. The number of anilines is 1. The molecule has 0 aliphatic rings. The second-order valence-electron chi connectivity index (χ2n) is 3.41. The van der Waals surface area contributed by atoms with Crippen LogP contribution in [0.1, 0.15) is 23.0 Å². The van der Waals surface area contributed by atoms with Crippen molar-refractivity contribution in [3.05, 3.63) is 41.2 Å². The van der Waals surface area contributed by atoms with Crippen molar-refractivity contribution in [2.24, 2.45) is 5.10 Å². The van der Waals surface area contributed by atoms with Gasteiger partial charge in [-0.3, -0.25) is 10.4 Å². The second-order valence-corrected chi connectivity index (χ2v) is 4.27. The van der Waals surface area contributed by atoms with E-state index in [0.717, 1.165) is 5.56 Å². The molecule has 2 rings (SSSR count). The van der Waals surface area contributed by atoms with Crippen molar-refractivity contribution in [2.45, 2.75) is 6.92 Å². The van der Waals surface area contributed by atoms with Crippen LogP contribution in [0.15, 0.2) is 35.0 Å². The molecule has 0 atom stereocenters. The second kappa shape index (κ2) is 6.60. The van der Waals surface area contributed by atoms with E-state index in [2.05, 4.69) is 20.5 Å². The minimum atomic E-state index is -0.428. The topological polar surface area (TPSA) is 76.5 Å². The Morgan fingerprint density at radius 2 is 2.53 bits per heavy atom. The lowest BCUT2D eigenvalue weighted by atomic mass is 10.3. The Hall–Kier alpha value is -2.28. The molecule has 0 fully saturated rings. The standard InChI is InChI=1S/C12H12N4O2S/c1-2-18-11(17)10-8-19-12(15-10)16-14-7-9-4-3-5-13-6-9/h3-8H,2H2,1H3,(H,15,16)/b14-7+. The average molecular weight is 276 g/mol. The van der Waals surface area contributed by atoms with Crippen LogP contribution >= 0.6 is 11.3 Å². The summed E-state index contributed by atoms with van der Waals surface area (Å²) in [6.45, 7) is 2.08. The first-order valence-electron chi connectivity index (χ1n) is 5.61. The minimum absolute atomic E-state index is 0.283. The van der Waals surface area contributed by atoms with Crippen molar-refractivity contribution in [1.82, 2.24) is 9.97 Å². The largest absolute Gasteiger partial charge is 0.461 e. The lowest BCUT2D eigenvalue weighted by Gasteiger charge is -1.96. The molecule has 98 valence electrons. The summed E-state index contributed by atoms with van der Waals surface area (Å²) in [4.78, 5) is 19.4. The lowest BCUT2D eigenvalue weighted by Crippen LogP contribution is -2.04. The molecule has 2 heterocycles. The molecular formula is C12H12N4O2S. The molecule has 0 aromatic carbocycles. The zero-order valence-electron chi connectivity index (χ0n) is 10.2. The smallest absolute Gasteiger partial charge is 0.357 e. The van der Waals surface area contributed by atoms with Gasteiger partial charge in [-0.25, -0.2) is 9.78 Å². The highest BCUT2D eigenvalue weighted by Gasteiger charge is 2.10. The molecule has 0 radical (unpaired) electrons. The Morgan fingerprint density at radius 1 is 1.63 bits per heavy atom. The van der Waals surface area contributed by atoms with Gasteiger partial charge in [-0.15, -0.1) is 11.3 Å². The zero-order valence-corrected chi connectivity index (χ0v) is 11.1. The predicted molar refractivity (Wildman–Crippen MR) is 73.5 cm³/mol. The summed E-state index contributed by atoms with van der Waals surface area (Å²) in [7, 11) is 0. The number of nitrogens with one attached hydrogen (secondary N) is 1. The molecule has 19 heavy (non-hydrogen) atoms. The Labute approximate surface area is 114 Å². The van der Waals surface area contributed by atoms with Gasteiger partial charge in [-0.2, -0.15) is 5.10 Å². The normalized spacial score (nSPS) is 10.6. The van der Waals surface area contributed by atoms with Crippen LogP contribution < -0.4 is 5.43 Å². The first-order chi connectivity index (χ1) is 9.29. The van der Waals surface area contributed by atoms with Crippen LogP contribution in [-0.4, -0.2) is 28.8 Å². The van der Waals surface area contributed by atoms with Gasteiger partial charge in [-0.05, 0) is 13.0 Å². The molecule has 0 unspecified atom stereocenters. The molecule has 0 saturated carbocycles. The molecule has 0 saturated heterocycles. The predicted octanol–water partition coefficient (Wildman–Crippen LogP) is 2.16. The van der Waals surface area contributed by atoms with Crippen LogP contribution in [-0.2, 0) is 4.74 Å². The van der Waals surface area contributed by atoms with Gasteiger partial charge >= 0.3 is 5.97 Å². The SMILES string of the molecule is CCOC(=O)c1csc(N/N=C/c2cccnc2)n1. The number of pyridine rings is 1. The molecule has 2 aromatic rings. The van der Waals surface area contributed by atoms with Gasteiger partial charge in [0.1, 0.15) is 0 Å². The molecule has 2 aromatic heterocycles. The summed E-state index contributed by atoms with van der Waals surface area (Å²) in [5.41, 5.74) is 3.91. The third-order valence-electron chi connectivity index (χ3n) is 2.05. The summed E-state index contributed by atoms with van der Waals surface area (Å²) in [6.07, 6.45) is 5.01. The summed E-state index contributed by atoms with van der Waals surface area (Å²) < 4.78 is 4.85. The number of esters is 1. The maximum absolute atomic E-state index is 11.4. The zero-order chi connectivity index (χ0) is 13.5. The van der Waals surface area contributed by atoms with Crippen LogP contribution in [0.2, 0.25) is 0 Å². The fourth-order valence-corrected chi connectivity index (χ4v) is 1.87. The van der Waals surface area contributed by atoms with Crippen molar-refractivity contribution >= 4 is 28.7 Å². The molecule has 0 aliphatic heterocycles. The van der Waals surface area contributed by atoms with E-state index in [1.807, 2.05) is 12.1 Å². The molecule has 6 nitrogen and oxygen atoms in total. The van der Waals surface area contributed by atoms with Crippen LogP contribution in [0.5, 0.6) is 0 Å². The number of hydrogen-bond acceptors (Lipinski definition) is 7. The molecule has 0 spiro atoms. The first kappa shape index (κ1) is 13.2. The lowest BCUT2D eigenvalue weighted by molar-refractivity contribution is 0.0520. The molecular weight excluding hydrogens is 264 g/mol. The van der Waals surface area contributed by atoms with E-state index in [1.54, 1.807) is 30.9 Å². The Balaban J connectivity index is 1.94. The van der Waals surface area contributed by atoms with E-state index in [1.165, 1.54) is 11.3 Å². The summed E-state index contributed by atoms with van der Waals surface area (Å²) in [5, 5.41) is 6.17. The number of ether oxygens (including phenoxy) is 1. The molecule has 0 bridgehead atoms. The van der Waals surface area contributed by atoms with Gasteiger partial charge in [0.05, 0.1) is 12.8 Å². The minimum Gasteiger partial charge on any atom is -0.461 e. The van der Waals surface area contributed by atoms with Crippen LogP contribution in [0.3, 0.4) is 0 Å². The number of hydrazone groups is 1. The fraction of sp³-hybridized carbons (Fsp3) is 0.167. The third-order valence-corrected chi connectivity index (χ3v) is 2.79.